The van der Waals surface area contributed by atoms with Crippen LogP contribution in [0.5, 0.6) is 0 Å². The number of urea groups is 1. The standard InChI is InChI=1S/C6H9N2O2/c1-3-8-5(9)4-7(2)6(8)10/h3H,4H2,1-2H3/q+1/b8-3+. The Hall–Kier alpha value is -1.19. The molecule has 3 amide bonds. The predicted octanol–water partition coefficient (Wildman–Crippen LogP) is -0.318. The molecule has 0 atom stereocenters. The van der Waals surface area contributed by atoms with Gasteiger partial charge in [0.25, 0.3) is 0 Å². The van der Waals surface area contributed by atoms with Crippen molar-refractivity contribution in [2.24, 2.45) is 0 Å². The summed E-state index contributed by atoms with van der Waals surface area (Å²) < 4.78 is 1.11. The Labute approximate surface area is 58.7 Å². The van der Waals surface area contributed by atoms with E-state index < -0.39 is 0 Å². The summed E-state index contributed by atoms with van der Waals surface area (Å²) in [6, 6.07) is -0.243. The molecule has 0 unspecified atom stereocenters. The Bertz CT molecular complexity index is 220. The van der Waals surface area contributed by atoms with Gasteiger partial charge in [-0.15, -0.1) is 4.58 Å². The lowest BCUT2D eigenvalue weighted by atomic mass is 10.6. The molecule has 0 aromatic rings. The van der Waals surface area contributed by atoms with Gasteiger partial charge in [-0.3, -0.25) is 0 Å². The van der Waals surface area contributed by atoms with Crippen molar-refractivity contribution in [2.75, 3.05) is 13.6 Å². The Balaban J connectivity index is 2.96. The van der Waals surface area contributed by atoms with E-state index in [0.717, 1.165) is 4.58 Å². The molecule has 4 nitrogen and oxygen atoms in total. The van der Waals surface area contributed by atoms with Crippen LogP contribution in [0.2, 0.25) is 0 Å². The average molecular weight is 141 g/mol. The summed E-state index contributed by atoms with van der Waals surface area (Å²) in [4.78, 5) is 23.2. The third-order valence-corrected chi connectivity index (χ3v) is 1.43. The van der Waals surface area contributed by atoms with Crippen molar-refractivity contribution in [3.63, 3.8) is 0 Å². The van der Waals surface area contributed by atoms with Crippen molar-refractivity contribution in [3.8, 4) is 0 Å². The van der Waals surface area contributed by atoms with Crippen LogP contribution in [0.4, 0.5) is 4.79 Å². The van der Waals surface area contributed by atoms with Crippen molar-refractivity contribution < 1.29 is 14.2 Å². The molecule has 0 spiro atoms. The minimum absolute atomic E-state index is 0.157. The third kappa shape index (κ3) is 0.814. The van der Waals surface area contributed by atoms with Crippen LogP contribution in [0.15, 0.2) is 0 Å². The van der Waals surface area contributed by atoms with Crippen molar-refractivity contribution in [2.45, 2.75) is 6.92 Å². The molecule has 0 radical (unpaired) electrons. The first kappa shape index (κ1) is 6.92. The van der Waals surface area contributed by atoms with Gasteiger partial charge in [0.15, 0.2) is 6.54 Å². The van der Waals surface area contributed by atoms with E-state index in [-0.39, 0.29) is 18.5 Å². The van der Waals surface area contributed by atoms with Gasteiger partial charge in [0.1, 0.15) is 0 Å². The smallest absolute Gasteiger partial charge is 0.242 e. The molecule has 1 aliphatic heterocycles. The molecule has 10 heavy (non-hydrogen) atoms. The van der Waals surface area contributed by atoms with Gasteiger partial charge < -0.3 is 0 Å². The zero-order chi connectivity index (χ0) is 7.72. The van der Waals surface area contributed by atoms with Gasteiger partial charge in [-0.25, -0.2) is 9.69 Å². The van der Waals surface area contributed by atoms with Gasteiger partial charge in [-0.2, -0.15) is 4.79 Å². The molecule has 1 rings (SSSR count). The number of imide groups is 1. The largest absolute Gasteiger partial charge is 0.500 e. The van der Waals surface area contributed by atoms with Gasteiger partial charge in [-0.05, 0) is 6.92 Å². The van der Waals surface area contributed by atoms with Crippen molar-refractivity contribution in [3.05, 3.63) is 0 Å². The van der Waals surface area contributed by atoms with Crippen LogP contribution in [-0.4, -0.2) is 41.2 Å². The highest BCUT2D eigenvalue weighted by molar-refractivity contribution is 5.92. The summed E-state index contributed by atoms with van der Waals surface area (Å²) in [5.41, 5.74) is 0. The van der Waals surface area contributed by atoms with Crippen LogP contribution < -0.4 is 0 Å². The van der Waals surface area contributed by atoms with E-state index in [9.17, 15) is 9.59 Å². The fourth-order valence-corrected chi connectivity index (χ4v) is 0.892. The van der Waals surface area contributed by atoms with Crippen LogP contribution in [0, 0.1) is 0 Å². The van der Waals surface area contributed by atoms with E-state index in [2.05, 4.69) is 0 Å². The summed E-state index contributed by atoms with van der Waals surface area (Å²) in [5, 5.41) is 0. The van der Waals surface area contributed by atoms with Gasteiger partial charge in [0.05, 0.1) is 13.3 Å². The zero-order valence-corrected chi connectivity index (χ0v) is 6.00. The fourth-order valence-electron chi connectivity index (χ4n) is 0.892. The summed E-state index contributed by atoms with van der Waals surface area (Å²) in [6.45, 7) is 1.86. The average Bonchev–Trinajstić information content (AvgIpc) is 2.09. The van der Waals surface area contributed by atoms with Crippen LogP contribution in [0.3, 0.4) is 0 Å². The third-order valence-electron chi connectivity index (χ3n) is 1.43. The minimum atomic E-state index is -0.243. The van der Waals surface area contributed by atoms with E-state index in [4.69, 9.17) is 0 Å². The Morgan fingerprint density at radius 3 is 2.40 bits per heavy atom. The number of likely N-dealkylation sites (N-methyl/N-ethyl adjacent to an activating group) is 1. The lowest BCUT2D eigenvalue weighted by Crippen LogP contribution is -2.23. The van der Waals surface area contributed by atoms with Crippen molar-refractivity contribution >= 4 is 18.2 Å². The lowest BCUT2D eigenvalue weighted by Gasteiger charge is -1.90. The maximum absolute atomic E-state index is 10.9. The van der Waals surface area contributed by atoms with Crippen LogP contribution in [0.25, 0.3) is 0 Å². The topological polar surface area (TPSA) is 40.4 Å². The molecule has 1 aliphatic rings. The molecule has 0 N–H and O–H groups in total. The van der Waals surface area contributed by atoms with Crippen LogP contribution >= 0.6 is 0 Å². The van der Waals surface area contributed by atoms with E-state index >= 15 is 0 Å². The highest BCUT2D eigenvalue weighted by Gasteiger charge is 2.38. The molecule has 1 fully saturated rings. The highest BCUT2D eigenvalue weighted by atomic mass is 16.2. The van der Waals surface area contributed by atoms with Gasteiger partial charge in [-0.1, -0.05) is 0 Å². The van der Waals surface area contributed by atoms with Crippen molar-refractivity contribution in [1.82, 2.24) is 4.90 Å². The molecular formula is C6H9N2O2+. The first-order chi connectivity index (χ1) is 4.66. The molecule has 0 aromatic heterocycles. The molecule has 0 bridgehead atoms. The zero-order valence-electron chi connectivity index (χ0n) is 6.00. The predicted molar refractivity (Wildman–Crippen MR) is 35.0 cm³/mol. The number of amides is 3. The first-order valence-corrected chi connectivity index (χ1v) is 3.03. The summed E-state index contributed by atoms with van der Waals surface area (Å²) in [5.74, 6) is -0.157. The van der Waals surface area contributed by atoms with Crippen molar-refractivity contribution in [1.29, 1.82) is 0 Å². The number of rotatable bonds is 0. The molecule has 54 valence electrons. The molecule has 1 saturated heterocycles. The maximum Gasteiger partial charge on any atom is 0.500 e. The Morgan fingerprint density at radius 2 is 2.20 bits per heavy atom. The second kappa shape index (κ2) is 2.21. The molecule has 1 heterocycles. The number of carbonyl (C=O) groups is 2. The first-order valence-electron chi connectivity index (χ1n) is 3.03. The Kier molecular flexibility index (Phi) is 1.53. The molecule has 0 aromatic carbocycles. The van der Waals surface area contributed by atoms with E-state index in [1.54, 1.807) is 14.0 Å². The summed E-state index contributed by atoms with van der Waals surface area (Å²) in [7, 11) is 1.60. The fraction of sp³-hybridized carbons (Fsp3) is 0.500. The summed E-state index contributed by atoms with van der Waals surface area (Å²) in [6.07, 6.45) is 1.48. The SMILES string of the molecule is C/C=[N+]1\C(=O)CN(C)C1=O. The molecule has 0 aliphatic carbocycles. The second-order valence-electron chi connectivity index (χ2n) is 2.16. The van der Waals surface area contributed by atoms with Gasteiger partial charge in [0, 0.05) is 0 Å². The molecule has 0 saturated carbocycles. The Morgan fingerprint density at radius 1 is 1.60 bits per heavy atom. The maximum atomic E-state index is 10.9. The normalized spacial score (nSPS) is 23.0. The number of hydrogen-bond acceptors (Lipinski definition) is 2. The van der Waals surface area contributed by atoms with E-state index in [0.29, 0.717) is 0 Å². The number of hydrogen-bond donors (Lipinski definition) is 0. The van der Waals surface area contributed by atoms with Gasteiger partial charge in [0.2, 0.25) is 0 Å². The number of nitrogens with zero attached hydrogens (tertiary/aromatic N) is 2. The summed E-state index contributed by atoms with van der Waals surface area (Å²) >= 11 is 0. The van der Waals surface area contributed by atoms with Gasteiger partial charge >= 0.3 is 11.9 Å². The number of carbonyl (C=O) groups excluding carboxylic acids is 2. The van der Waals surface area contributed by atoms with Crippen LogP contribution in [0.1, 0.15) is 6.92 Å². The molecule has 4 heteroatoms. The van der Waals surface area contributed by atoms with E-state index in [1.807, 2.05) is 0 Å². The molecular weight excluding hydrogens is 132 g/mol. The minimum Gasteiger partial charge on any atom is -0.242 e. The lowest BCUT2D eigenvalue weighted by molar-refractivity contribution is -0.344. The second-order valence-corrected chi connectivity index (χ2v) is 2.16. The van der Waals surface area contributed by atoms with E-state index in [1.165, 1.54) is 11.1 Å². The monoisotopic (exact) mass is 141 g/mol. The van der Waals surface area contributed by atoms with Crippen LogP contribution in [-0.2, 0) is 4.79 Å². The quantitative estimate of drug-likeness (QED) is 0.342. The highest BCUT2D eigenvalue weighted by Crippen LogP contribution is 1.99.